The van der Waals surface area contributed by atoms with Gasteiger partial charge in [0.05, 0.1) is 12.7 Å². The van der Waals surface area contributed by atoms with E-state index in [1.54, 1.807) is 19.9 Å². The molecule has 27 heavy (non-hydrogen) atoms. The van der Waals surface area contributed by atoms with Crippen LogP contribution in [0.1, 0.15) is 31.1 Å². The number of carbonyl (C=O) groups excluding carboxylic acids is 1. The fourth-order valence-electron chi connectivity index (χ4n) is 2.49. The fourth-order valence-corrected chi connectivity index (χ4v) is 2.49. The summed E-state index contributed by atoms with van der Waals surface area (Å²) in [7, 11) is 0. The van der Waals surface area contributed by atoms with Gasteiger partial charge in [0, 0.05) is 18.7 Å². The van der Waals surface area contributed by atoms with Gasteiger partial charge in [0.2, 0.25) is 0 Å². The summed E-state index contributed by atoms with van der Waals surface area (Å²) in [5.41, 5.74) is 2.37. The normalized spacial score (nSPS) is 12.5. The Morgan fingerprint density at radius 1 is 1.15 bits per heavy atom. The SMILES string of the molecule is CCOC(=O)/C(C)=C/c1ccc(OCCNCC(O)c2ccccc2)cc1. The van der Waals surface area contributed by atoms with Crippen LogP contribution in [0.25, 0.3) is 6.08 Å². The van der Waals surface area contributed by atoms with E-state index in [2.05, 4.69) is 5.32 Å². The van der Waals surface area contributed by atoms with E-state index in [0.29, 0.717) is 31.9 Å². The average molecular weight is 369 g/mol. The zero-order chi connectivity index (χ0) is 19.5. The number of benzene rings is 2. The maximum atomic E-state index is 11.6. The molecule has 0 bridgehead atoms. The monoisotopic (exact) mass is 369 g/mol. The third-order valence-corrected chi connectivity index (χ3v) is 3.93. The van der Waals surface area contributed by atoms with E-state index in [0.717, 1.165) is 16.9 Å². The Balaban J connectivity index is 1.71. The number of nitrogens with one attached hydrogen (secondary N) is 1. The summed E-state index contributed by atoms with van der Waals surface area (Å²) in [6.45, 7) is 5.50. The Kier molecular flexibility index (Phi) is 8.55. The first-order valence-corrected chi connectivity index (χ1v) is 9.12. The second kappa shape index (κ2) is 11.2. The highest BCUT2D eigenvalue weighted by Gasteiger charge is 2.06. The number of hydrogen-bond acceptors (Lipinski definition) is 5. The minimum absolute atomic E-state index is 0.304. The van der Waals surface area contributed by atoms with Crippen molar-refractivity contribution in [2.45, 2.75) is 20.0 Å². The molecular formula is C22H27NO4. The predicted octanol–water partition coefficient (Wildman–Crippen LogP) is 3.36. The van der Waals surface area contributed by atoms with Crippen LogP contribution in [0.3, 0.4) is 0 Å². The Hall–Kier alpha value is -2.63. The molecule has 144 valence electrons. The molecule has 0 aliphatic carbocycles. The highest BCUT2D eigenvalue weighted by atomic mass is 16.5. The van der Waals surface area contributed by atoms with Crippen LogP contribution in [0, 0.1) is 0 Å². The van der Waals surface area contributed by atoms with E-state index in [1.807, 2.05) is 54.6 Å². The summed E-state index contributed by atoms with van der Waals surface area (Å²) in [5.74, 6) is 0.452. The molecule has 1 unspecified atom stereocenters. The first kappa shape index (κ1) is 20.7. The molecule has 0 aliphatic heterocycles. The maximum Gasteiger partial charge on any atom is 0.333 e. The van der Waals surface area contributed by atoms with Gasteiger partial charge in [-0.2, -0.15) is 0 Å². The van der Waals surface area contributed by atoms with E-state index in [4.69, 9.17) is 9.47 Å². The van der Waals surface area contributed by atoms with E-state index >= 15 is 0 Å². The number of carbonyl (C=O) groups is 1. The van der Waals surface area contributed by atoms with Gasteiger partial charge in [-0.25, -0.2) is 4.79 Å². The molecule has 0 spiro atoms. The van der Waals surface area contributed by atoms with Gasteiger partial charge in [-0.15, -0.1) is 0 Å². The smallest absolute Gasteiger partial charge is 0.333 e. The number of rotatable bonds is 10. The van der Waals surface area contributed by atoms with Crippen molar-refractivity contribution < 1.29 is 19.4 Å². The van der Waals surface area contributed by atoms with E-state index < -0.39 is 6.10 Å². The first-order chi connectivity index (χ1) is 13.1. The van der Waals surface area contributed by atoms with E-state index in [9.17, 15) is 9.90 Å². The molecule has 0 heterocycles. The number of esters is 1. The molecule has 0 fully saturated rings. The Morgan fingerprint density at radius 2 is 1.85 bits per heavy atom. The van der Waals surface area contributed by atoms with E-state index in [-0.39, 0.29) is 5.97 Å². The van der Waals surface area contributed by atoms with Crippen molar-refractivity contribution in [3.63, 3.8) is 0 Å². The van der Waals surface area contributed by atoms with Crippen LogP contribution < -0.4 is 10.1 Å². The van der Waals surface area contributed by atoms with Crippen LogP contribution in [0.15, 0.2) is 60.2 Å². The summed E-state index contributed by atoms with van der Waals surface area (Å²) in [6, 6.07) is 17.1. The molecule has 2 rings (SSSR count). The van der Waals surface area contributed by atoms with Crippen LogP contribution >= 0.6 is 0 Å². The van der Waals surface area contributed by atoms with Gasteiger partial charge in [-0.05, 0) is 43.2 Å². The number of ether oxygens (including phenoxy) is 2. The molecule has 2 N–H and O–H groups in total. The standard InChI is InChI=1S/C22H27NO4/c1-3-26-22(25)17(2)15-18-9-11-20(12-10-18)27-14-13-23-16-21(24)19-7-5-4-6-8-19/h4-12,15,21,23-24H,3,13-14,16H2,1-2H3/b17-15+. The van der Waals surface area contributed by atoms with Crippen molar-refractivity contribution in [2.75, 3.05) is 26.3 Å². The average Bonchev–Trinajstić information content (AvgIpc) is 2.69. The zero-order valence-electron chi connectivity index (χ0n) is 15.9. The molecule has 5 heteroatoms. The molecule has 1 atom stereocenters. The molecule has 2 aromatic carbocycles. The van der Waals surface area contributed by atoms with Crippen LogP contribution in [0.2, 0.25) is 0 Å². The lowest BCUT2D eigenvalue weighted by atomic mass is 10.1. The van der Waals surface area contributed by atoms with Gasteiger partial charge in [0.15, 0.2) is 0 Å². The second-order valence-electron chi connectivity index (χ2n) is 6.10. The van der Waals surface area contributed by atoms with Crippen molar-refractivity contribution in [3.05, 3.63) is 71.3 Å². The van der Waals surface area contributed by atoms with Crippen molar-refractivity contribution >= 4 is 12.0 Å². The van der Waals surface area contributed by atoms with Gasteiger partial charge in [-0.1, -0.05) is 42.5 Å². The predicted molar refractivity (Wildman–Crippen MR) is 106 cm³/mol. The summed E-state index contributed by atoms with van der Waals surface area (Å²) in [5, 5.41) is 13.3. The largest absolute Gasteiger partial charge is 0.492 e. The number of aliphatic hydroxyl groups excluding tert-OH is 1. The van der Waals surface area contributed by atoms with Gasteiger partial charge in [0.1, 0.15) is 12.4 Å². The molecule has 5 nitrogen and oxygen atoms in total. The van der Waals surface area contributed by atoms with Crippen molar-refractivity contribution in [1.82, 2.24) is 5.32 Å². The van der Waals surface area contributed by atoms with Crippen molar-refractivity contribution in [1.29, 1.82) is 0 Å². The van der Waals surface area contributed by atoms with Crippen LogP contribution in [-0.4, -0.2) is 37.4 Å². The number of hydrogen-bond donors (Lipinski definition) is 2. The topological polar surface area (TPSA) is 67.8 Å². The molecule has 0 radical (unpaired) electrons. The molecule has 0 saturated heterocycles. The lowest BCUT2D eigenvalue weighted by Crippen LogP contribution is -2.26. The number of aliphatic hydroxyl groups is 1. The maximum absolute atomic E-state index is 11.6. The lowest BCUT2D eigenvalue weighted by Gasteiger charge is -2.12. The van der Waals surface area contributed by atoms with Crippen LogP contribution in [0.4, 0.5) is 0 Å². The quantitative estimate of drug-likeness (QED) is 0.382. The minimum Gasteiger partial charge on any atom is -0.492 e. The van der Waals surface area contributed by atoms with E-state index in [1.165, 1.54) is 0 Å². The van der Waals surface area contributed by atoms with Crippen LogP contribution in [-0.2, 0) is 9.53 Å². The second-order valence-corrected chi connectivity index (χ2v) is 6.10. The summed E-state index contributed by atoms with van der Waals surface area (Å²) >= 11 is 0. The highest BCUT2D eigenvalue weighted by molar-refractivity contribution is 5.92. The molecule has 0 saturated carbocycles. The van der Waals surface area contributed by atoms with Gasteiger partial charge in [-0.3, -0.25) is 0 Å². The fraction of sp³-hybridized carbons (Fsp3) is 0.318. The Bertz CT molecular complexity index is 726. The highest BCUT2D eigenvalue weighted by Crippen LogP contribution is 2.15. The third-order valence-electron chi connectivity index (χ3n) is 3.93. The van der Waals surface area contributed by atoms with Crippen LogP contribution in [0.5, 0.6) is 5.75 Å². The Labute approximate surface area is 160 Å². The molecule has 0 aromatic heterocycles. The summed E-state index contributed by atoms with van der Waals surface area (Å²) in [6.07, 6.45) is 1.26. The molecule has 0 amide bonds. The minimum atomic E-state index is -0.528. The van der Waals surface area contributed by atoms with Gasteiger partial charge >= 0.3 is 5.97 Å². The summed E-state index contributed by atoms with van der Waals surface area (Å²) in [4.78, 5) is 11.6. The van der Waals surface area contributed by atoms with Crippen molar-refractivity contribution in [3.8, 4) is 5.75 Å². The summed E-state index contributed by atoms with van der Waals surface area (Å²) < 4.78 is 10.6. The Morgan fingerprint density at radius 3 is 2.52 bits per heavy atom. The third kappa shape index (κ3) is 7.25. The zero-order valence-corrected chi connectivity index (χ0v) is 15.9. The lowest BCUT2D eigenvalue weighted by molar-refractivity contribution is -0.138. The molecule has 2 aromatic rings. The van der Waals surface area contributed by atoms with Gasteiger partial charge < -0.3 is 19.9 Å². The molecule has 0 aliphatic rings. The molecular weight excluding hydrogens is 342 g/mol. The first-order valence-electron chi connectivity index (χ1n) is 9.12. The van der Waals surface area contributed by atoms with Gasteiger partial charge in [0.25, 0.3) is 0 Å². The van der Waals surface area contributed by atoms with Crippen molar-refractivity contribution in [2.24, 2.45) is 0 Å².